The van der Waals surface area contributed by atoms with Crippen LogP contribution in [0.15, 0.2) is 12.3 Å². The van der Waals surface area contributed by atoms with Gasteiger partial charge < -0.3 is 5.32 Å². The highest BCUT2D eigenvalue weighted by molar-refractivity contribution is 4.98. The molecule has 1 atom stereocenters. The Kier molecular flexibility index (Phi) is 5.99. The molecule has 0 aromatic heterocycles. The monoisotopic (exact) mass is 277 g/mol. The molecule has 2 saturated carbocycles. The van der Waals surface area contributed by atoms with Crippen molar-refractivity contribution in [3.05, 3.63) is 12.3 Å². The second-order valence-electron chi connectivity index (χ2n) is 7.69. The Balaban J connectivity index is 1.74. The normalized spacial score (nSPS) is 30.2. The Morgan fingerprint density at radius 3 is 1.95 bits per heavy atom. The van der Waals surface area contributed by atoms with Gasteiger partial charge in [0.05, 0.1) is 0 Å². The van der Waals surface area contributed by atoms with E-state index in [2.05, 4.69) is 32.7 Å². The Bertz CT molecular complexity index is 293. The molecule has 0 radical (unpaired) electrons. The number of nitrogens with one attached hydrogen (secondary N) is 1. The third-order valence-corrected chi connectivity index (χ3v) is 6.00. The van der Waals surface area contributed by atoms with Gasteiger partial charge in [0.15, 0.2) is 0 Å². The van der Waals surface area contributed by atoms with E-state index in [0.717, 1.165) is 17.8 Å². The van der Waals surface area contributed by atoms with Gasteiger partial charge >= 0.3 is 0 Å². The maximum absolute atomic E-state index is 4.16. The lowest BCUT2D eigenvalue weighted by Gasteiger charge is -2.38. The summed E-state index contributed by atoms with van der Waals surface area (Å²) in [5.41, 5.74) is 1.23. The molecule has 0 saturated heterocycles. The number of allylic oxidation sites excluding steroid dienone is 1. The quantitative estimate of drug-likeness (QED) is 0.697. The molecule has 116 valence electrons. The van der Waals surface area contributed by atoms with Gasteiger partial charge in [-0.2, -0.15) is 0 Å². The highest BCUT2D eigenvalue weighted by atomic mass is 14.9. The summed E-state index contributed by atoms with van der Waals surface area (Å²) in [7, 11) is 0. The summed E-state index contributed by atoms with van der Waals surface area (Å²) in [6, 6.07) is 0.694. The van der Waals surface area contributed by atoms with Gasteiger partial charge in [-0.1, -0.05) is 59.5 Å². The third kappa shape index (κ3) is 4.27. The zero-order valence-electron chi connectivity index (χ0n) is 14.0. The second-order valence-corrected chi connectivity index (χ2v) is 7.69. The van der Waals surface area contributed by atoms with Crippen molar-refractivity contribution < 1.29 is 0 Å². The molecule has 0 aromatic rings. The molecule has 1 unspecified atom stereocenters. The van der Waals surface area contributed by atoms with Gasteiger partial charge in [0.1, 0.15) is 0 Å². The molecular weight excluding hydrogens is 242 g/mol. The minimum Gasteiger partial charge on any atom is -0.386 e. The Labute approximate surface area is 126 Å². The van der Waals surface area contributed by atoms with E-state index in [9.17, 15) is 0 Å². The number of rotatable bonds is 5. The minimum atomic E-state index is 0.564. The smallest absolute Gasteiger partial charge is 0.0258 e. The first-order valence-corrected chi connectivity index (χ1v) is 9.03. The molecule has 1 heteroatoms. The number of hydrogen-bond acceptors (Lipinski definition) is 1. The van der Waals surface area contributed by atoms with Gasteiger partial charge in [-0.3, -0.25) is 0 Å². The predicted octanol–water partition coefficient (Wildman–Crippen LogP) is 5.52. The molecule has 1 N–H and O–H groups in total. The third-order valence-electron chi connectivity index (χ3n) is 6.00. The fraction of sp³-hybridized carbons (Fsp3) is 0.895. The molecule has 2 rings (SSSR count). The van der Waals surface area contributed by atoms with Crippen molar-refractivity contribution in [3.63, 3.8) is 0 Å². The summed E-state index contributed by atoms with van der Waals surface area (Å²) in [6.07, 6.45) is 13.0. The van der Waals surface area contributed by atoms with E-state index >= 15 is 0 Å². The molecule has 0 heterocycles. The molecule has 0 amide bonds. The zero-order valence-corrected chi connectivity index (χ0v) is 14.0. The summed E-state index contributed by atoms with van der Waals surface area (Å²) in [4.78, 5) is 0. The zero-order chi connectivity index (χ0) is 14.5. The van der Waals surface area contributed by atoms with Gasteiger partial charge in [-0.15, -0.1) is 0 Å². The molecular formula is C19H35N. The van der Waals surface area contributed by atoms with Crippen LogP contribution in [0.3, 0.4) is 0 Å². The van der Waals surface area contributed by atoms with E-state index in [4.69, 9.17) is 0 Å². The standard InChI is InChI=1S/C19H35N/c1-14(2)16(4)20-19-12-10-18(11-13-19)15(3)17-8-6-5-7-9-17/h14-15,17-20H,4-13H2,1-3H3. The van der Waals surface area contributed by atoms with Gasteiger partial charge in [-0.05, 0) is 49.4 Å². The van der Waals surface area contributed by atoms with E-state index in [-0.39, 0.29) is 0 Å². The van der Waals surface area contributed by atoms with E-state index in [1.54, 1.807) is 0 Å². The topological polar surface area (TPSA) is 12.0 Å². The second kappa shape index (κ2) is 7.52. The summed E-state index contributed by atoms with van der Waals surface area (Å²) in [5.74, 6) is 3.55. The first-order valence-electron chi connectivity index (χ1n) is 9.03. The molecule has 0 aliphatic heterocycles. The van der Waals surface area contributed by atoms with E-state index in [1.165, 1.54) is 63.5 Å². The maximum atomic E-state index is 4.16. The SMILES string of the molecule is C=C(NC1CCC(C(C)C2CCCCC2)CC1)C(C)C. The lowest BCUT2D eigenvalue weighted by molar-refractivity contribution is 0.148. The first-order chi connectivity index (χ1) is 9.58. The van der Waals surface area contributed by atoms with Gasteiger partial charge in [0, 0.05) is 11.7 Å². The van der Waals surface area contributed by atoms with Crippen LogP contribution in [0.25, 0.3) is 0 Å². The molecule has 2 aliphatic carbocycles. The molecule has 2 fully saturated rings. The van der Waals surface area contributed by atoms with Crippen LogP contribution in [-0.2, 0) is 0 Å². The van der Waals surface area contributed by atoms with Crippen LogP contribution in [0.5, 0.6) is 0 Å². The minimum absolute atomic E-state index is 0.564. The van der Waals surface area contributed by atoms with Crippen molar-refractivity contribution in [2.24, 2.45) is 23.7 Å². The molecule has 0 spiro atoms. The molecule has 20 heavy (non-hydrogen) atoms. The van der Waals surface area contributed by atoms with Crippen LogP contribution >= 0.6 is 0 Å². The largest absolute Gasteiger partial charge is 0.386 e. The summed E-state index contributed by atoms with van der Waals surface area (Å²) >= 11 is 0. The average molecular weight is 277 g/mol. The Morgan fingerprint density at radius 1 is 0.850 bits per heavy atom. The summed E-state index contributed by atoms with van der Waals surface area (Å²) < 4.78 is 0. The van der Waals surface area contributed by atoms with Gasteiger partial charge in [-0.25, -0.2) is 0 Å². The van der Waals surface area contributed by atoms with Crippen LogP contribution < -0.4 is 5.32 Å². The summed E-state index contributed by atoms with van der Waals surface area (Å²) in [5, 5.41) is 3.66. The van der Waals surface area contributed by atoms with Crippen LogP contribution in [0.2, 0.25) is 0 Å². The van der Waals surface area contributed by atoms with Crippen LogP contribution in [0.4, 0.5) is 0 Å². The van der Waals surface area contributed by atoms with Crippen molar-refractivity contribution in [3.8, 4) is 0 Å². The van der Waals surface area contributed by atoms with Gasteiger partial charge in [0.2, 0.25) is 0 Å². The highest BCUT2D eigenvalue weighted by Crippen LogP contribution is 2.39. The summed E-state index contributed by atoms with van der Waals surface area (Å²) in [6.45, 7) is 11.2. The number of hydrogen-bond donors (Lipinski definition) is 1. The fourth-order valence-corrected chi connectivity index (χ4v) is 4.26. The van der Waals surface area contributed by atoms with E-state index in [1.807, 2.05) is 0 Å². The first kappa shape index (κ1) is 15.9. The predicted molar refractivity (Wildman–Crippen MR) is 88.6 cm³/mol. The van der Waals surface area contributed by atoms with Crippen molar-refractivity contribution >= 4 is 0 Å². The van der Waals surface area contributed by atoms with Crippen molar-refractivity contribution in [2.75, 3.05) is 0 Å². The van der Waals surface area contributed by atoms with Gasteiger partial charge in [0.25, 0.3) is 0 Å². The highest BCUT2D eigenvalue weighted by Gasteiger charge is 2.30. The van der Waals surface area contributed by atoms with Crippen LogP contribution in [-0.4, -0.2) is 6.04 Å². The molecule has 0 aromatic carbocycles. The fourth-order valence-electron chi connectivity index (χ4n) is 4.26. The molecule has 2 aliphatic rings. The Hall–Kier alpha value is -0.460. The molecule has 1 nitrogen and oxygen atoms in total. The lowest BCUT2D eigenvalue weighted by atomic mass is 9.70. The van der Waals surface area contributed by atoms with E-state index in [0.29, 0.717) is 12.0 Å². The average Bonchev–Trinajstić information content (AvgIpc) is 2.48. The van der Waals surface area contributed by atoms with Crippen molar-refractivity contribution in [1.82, 2.24) is 5.32 Å². The molecule has 0 bridgehead atoms. The van der Waals surface area contributed by atoms with E-state index < -0.39 is 0 Å². The van der Waals surface area contributed by atoms with Crippen LogP contribution in [0.1, 0.15) is 78.6 Å². The maximum Gasteiger partial charge on any atom is 0.0258 e. The van der Waals surface area contributed by atoms with Crippen molar-refractivity contribution in [2.45, 2.75) is 84.6 Å². The van der Waals surface area contributed by atoms with Crippen LogP contribution in [0, 0.1) is 23.7 Å². The lowest BCUT2D eigenvalue weighted by Crippen LogP contribution is -2.36. The van der Waals surface area contributed by atoms with Crippen molar-refractivity contribution in [1.29, 1.82) is 0 Å². The Morgan fingerprint density at radius 2 is 1.40 bits per heavy atom.